The van der Waals surface area contributed by atoms with E-state index in [9.17, 15) is 19.5 Å². The quantitative estimate of drug-likeness (QED) is 0.341. The van der Waals surface area contributed by atoms with Crippen molar-refractivity contribution in [1.29, 1.82) is 0 Å². The Kier molecular flexibility index (Phi) is 6.96. The molecule has 0 aromatic carbocycles. The van der Waals surface area contributed by atoms with Crippen LogP contribution in [0, 0.1) is 5.92 Å². The Morgan fingerprint density at radius 1 is 1.39 bits per heavy atom. The zero-order chi connectivity index (χ0) is 21.0. The van der Waals surface area contributed by atoms with E-state index in [0.29, 0.717) is 18.4 Å². The first-order valence-electron chi connectivity index (χ1n) is 9.08. The first-order chi connectivity index (χ1) is 13.2. The fraction of sp³-hybridized carbons (Fsp3) is 0.476. The number of fused-ring (bicyclic) bond motifs is 1. The third-order valence-corrected chi connectivity index (χ3v) is 5.02. The first-order valence-corrected chi connectivity index (χ1v) is 9.08. The van der Waals surface area contributed by atoms with Crippen LogP contribution in [0.15, 0.2) is 47.1 Å². The number of carbonyl (C=O) groups excluding carboxylic acids is 3. The molecule has 1 aliphatic heterocycles. The number of ether oxygens (including phenoxy) is 3. The number of rotatable bonds is 3. The highest BCUT2D eigenvalue weighted by Crippen LogP contribution is 2.37. The lowest BCUT2D eigenvalue weighted by Gasteiger charge is -2.31. The van der Waals surface area contributed by atoms with Crippen LogP contribution in [0.5, 0.6) is 0 Å². The van der Waals surface area contributed by atoms with Crippen LogP contribution in [0.3, 0.4) is 0 Å². The van der Waals surface area contributed by atoms with Crippen molar-refractivity contribution in [2.24, 2.45) is 5.92 Å². The average Bonchev–Trinajstić information content (AvgIpc) is 2.94. The molecule has 0 aromatic rings. The molecule has 7 heteroatoms. The summed E-state index contributed by atoms with van der Waals surface area (Å²) in [5.74, 6) is -2.86. The van der Waals surface area contributed by atoms with Gasteiger partial charge >= 0.3 is 17.9 Å². The number of aliphatic hydroxyl groups is 1. The van der Waals surface area contributed by atoms with Crippen molar-refractivity contribution in [3.63, 3.8) is 0 Å². The number of methoxy groups -OCH3 is 1. The van der Waals surface area contributed by atoms with Crippen LogP contribution in [0.2, 0.25) is 0 Å². The van der Waals surface area contributed by atoms with Crippen LogP contribution >= 0.6 is 0 Å². The van der Waals surface area contributed by atoms with Crippen molar-refractivity contribution in [2.75, 3.05) is 7.11 Å². The molecule has 0 unspecified atom stereocenters. The lowest BCUT2D eigenvalue weighted by atomic mass is 9.83. The van der Waals surface area contributed by atoms with Crippen LogP contribution < -0.4 is 0 Å². The van der Waals surface area contributed by atoms with Gasteiger partial charge in [-0.1, -0.05) is 24.3 Å². The topological polar surface area (TPSA) is 99.1 Å². The van der Waals surface area contributed by atoms with E-state index < -0.39 is 42.1 Å². The minimum absolute atomic E-state index is 0.0287. The van der Waals surface area contributed by atoms with Crippen molar-refractivity contribution >= 4 is 17.9 Å². The minimum atomic E-state index is -1.51. The second kappa shape index (κ2) is 9.01. The summed E-state index contributed by atoms with van der Waals surface area (Å²) in [5, 5.41) is 11.0. The fourth-order valence-corrected chi connectivity index (χ4v) is 3.24. The lowest BCUT2D eigenvalue weighted by Crippen LogP contribution is -2.44. The Morgan fingerprint density at radius 3 is 2.68 bits per heavy atom. The molecular formula is C21H26O7. The van der Waals surface area contributed by atoms with E-state index in [1.165, 1.54) is 7.11 Å². The summed E-state index contributed by atoms with van der Waals surface area (Å²) >= 11 is 0. The summed E-state index contributed by atoms with van der Waals surface area (Å²) in [6.07, 6.45) is 2.46. The summed E-state index contributed by atoms with van der Waals surface area (Å²) in [4.78, 5) is 36.8. The van der Waals surface area contributed by atoms with Gasteiger partial charge < -0.3 is 19.3 Å². The molecule has 152 valence electrons. The Balaban J connectivity index is 2.57. The van der Waals surface area contributed by atoms with E-state index in [4.69, 9.17) is 14.2 Å². The molecule has 0 aromatic heterocycles. The SMILES string of the molecule is C=C1C(=O)O[C@@H]2/C=C(/C)CC/C=C(/C(=O)OC)[C@H](O)[C@@H](OC(=O)/C(C)=C\C)[C@@H]12. The van der Waals surface area contributed by atoms with Crippen LogP contribution in [0.4, 0.5) is 0 Å². The van der Waals surface area contributed by atoms with Crippen LogP contribution in [-0.4, -0.2) is 48.4 Å². The molecule has 2 aliphatic rings. The summed E-state index contributed by atoms with van der Waals surface area (Å²) < 4.78 is 15.7. The van der Waals surface area contributed by atoms with Crippen molar-refractivity contribution in [2.45, 2.75) is 51.9 Å². The van der Waals surface area contributed by atoms with E-state index in [-0.39, 0.29) is 11.1 Å². The van der Waals surface area contributed by atoms with E-state index in [1.807, 2.05) is 6.92 Å². The molecule has 0 bridgehead atoms. The Morgan fingerprint density at radius 2 is 2.07 bits per heavy atom. The first kappa shape index (κ1) is 21.6. The molecular weight excluding hydrogens is 364 g/mol. The van der Waals surface area contributed by atoms with Crippen molar-refractivity contribution < 1.29 is 33.7 Å². The normalized spacial score (nSPS) is 32.2. The fourth-order valence-electron chi connectivity index (χ4n) is 3.24. The maximum absolute atomic E-state index is 12.4. The number of aliphatic hydroxyl groups excluding tert-OH is 1. The van der Waals surface area contributed by atoms with Gasteiger partial charge in [0.15, 0.2) is 0 Å². The molecule has 2 rings (SSSR count). The second-order valence-electron chi connectivity index (χ2n) is 6.91. The zero-order valence-electron chi connectivity index (χ0n) is 16.6. The number of esters is 3. The molecule has 1 saturated heterocycles. The maximum Gasteiger partial charge on any atom is 0.336 e. The molecule has 7 nitrogen and oxygen atoms in total. The van der Waals surface area contributed by atoms with Crippen LogP contribution in [-0.2, 0) is 28.6 Å². The predicted molar refractivity (Wildman–Crippen MR) is 101 cm³/mol. The van der Waals surface area contributed by atoms with Gasteiger partial charge in [-0.25, -0.2) is 14.4 Å². The molecule has 1 N–H and O–H groups in total. The van der Waals surface area contributed by atoms with Crippen molar-refractivity contribution in [1.82, 2.24) is 0 Å². The molecule has 0 amide bonds. The number of hydrogen-bond donors (Lipinski definition) is 1. The van der Waals surface area contributed by atoms with Gasteiger partial charge in [-0.05, 0) is 39.7 Å². The number of hydrogen-bond acceptors (Lipinski definition) is 7. The predicted octanol–water partition coefficient (Wildman–Crippen LogP) is 2.16. The van der Waals surface area contributed by atoms with E-state index in [0.717, 1.165) is 5.57 Å². The van der Waals surface area contributed by atoms with Gasteiger partial charge in [0.25, 0.3) is 0 Å². The van der Waals surface area contributed by atoms with Crippen molar-refractivity contribution in [3.8, 4) is 0 Å². The number of allylic oxidation sites excluding steroid dienone is 3. The van der Waals surface area contributed by atoms with E-state index >= 15 is 0 Å². The average molecular weight is 390 g/mol. The highest BCUT2D eigenvalue weighted by molar-refractivity contribution is 5.93. The smallest absolute Gasteiger partial charge is 0.336 e. The third kappa shape index (κ3) is 4.42. The molecule has 1 heterocycles. The van der Waals surface area contributed by atoms with Gasteiger partial charge in [0.05, 0.1) is 18.6 Å². The summed E-state index contributed by atoms with van der Waals surface area (Å²) in [7, 11) is 1.20. The molecule has 0 radical (unpaired) electrons. The van der Waals surface area contributed by atoms with E-state index in [1.54, 1.807) is 32.1 Å². The molecule has 0 spiro atoms. The zero-order valence-corrected chi connectivity index (χ0v) is 16.6. The highest BCUT2D eigenvalue weighted by atomic mass is 16.6. The molecule has 0 saturated carbocycles. The van der Waals surface area contributed by atoms with Crippen molar-refractivity contribution in [3.05, 3.63) is 47.1 Å². The van der Waals surface area contributed by atoms with Gasteiger partial charge in [0.1, 0.15) is 18.3 Å². The van der Waals surface area contributed by atoms with Gasteiger partial charge in [0.2, 0.25) is 0 Å². The van der Waals surface area contributed by atoms with Gasteiger partial charge in [-0.15, -0.1) is 0 Å². The molecule has 28 heavy (non-hydrogen) atoms. The monoisotopic (exact) mass is 390 g/mol. The Bertz CT molecular complexity index is 772. The molecule has 1 fully saturated rings. The largest absolute Gasteiger partial charge is 0.466 e. The summed E-state index contributed by atoms with van der Waals surface area (Å²) in [5.41, 5.74) is 1.31. The van der Waals surface area contributed by atoms with Crippen LogP contribution in [0.1, 0.15) is 33.6 Å². The maximum atomic E-state index is 12.4. The number of carbonyl (C=O) groups is 3. The van der Waals surface area contributed by atoms with Crippen LogP contribution in [0.25, 0.3) is 0 Å². The van der Waals surface area contributed by atoms with Gasteiger partial charge in [-0.2, -0.15) is 0 Å². The third-order valence-electron chi connectivity index (χ3n) is 5.02. The second-order valence-corrected chi connectivity index (χ2v) is 6.91. The Hall–Kier alpha value is -2.67. The molecule has 4 atom stereocenters. The van der Waals surface area contributed by atoms with Gasteiger partial charge in [0, 0.05) is 11.1 Å². The minimum Gasteiger partial charge on any atom is -0.466 e. The highest BCUT2D eigenvalue weighted by Gasteiger charge is 2.48. The lowest BCUT2D eigenvalue weighted by molar-refractivity contribution is -0.155. The summed E-state index contributed by atoms with van der Waals surface area (Å²) in [6.45, 7) is 8.88. The summed E-state index contributed by atoms with van der Waals surface area (Å²) in [6, 6.07) is 0. The van der Waals surface area contributed by atoms with E-state index in [2.05, 4.69) is 6.58 Å². The van der Waals surface area contributed by atoms with Gasteiger partial charge in [-0.3, -0.25) is 0 Å². The Labute approximate surface area is 164 Å². The molecule has 1 aliphatic carbocycles. The standard InChI is InChI=1S/C21H26O7/c1-6-12(3)19(23)28-18-16-13(4)20(24)27-15(16)10-11(2)8-7-9-14(17(18)22)21(25)26-5/h6,9-10,15-18,22H,4,7-8H2,1-3,5H3/b11-10-,12-6-,14-9+/t15-,16+,17+,18+/m1/s1.